The molecule has 0 unspecified atom stereocenters. The van der Waals surface area contributed by atoms with Crippen LogP contribution in [0.4, 0.5) is 5.82 Å². The second-order valence-corrected chi connectivity index (χ2v) is 4.85. The van der Waals surface area contributed by atoms with Gasteiger partial charge in [-0.25, -0.2) is 9.78 Å². The summed E-state index contributed by atoms with van der Waals surface area (Å²) in [4.78, 5) is 28.6. The van der Waals surface area contributed by atoms with E-state index in [1.54, 1.807) is 17.0 Å². The molecule has 0 atom stereocenters. The van der Waals surface area contributed by atoms with E-state index in [9.17, 15) is 9.59 Å². The molecule has 1 aromatic rings. The number of carboxylic acid groups (broad SMARTS) is 1. The van der Waals surface area contributed by atoms with Crippen LogP contribution in [0.5, 0.6) is 0 Å². The molecular weight excluding hydrogens is 260 g/mol. The number of hydrogen-bond donors (Lipinski definition) is 1. The van der Waals surface area contributed by atoms with Gasteiger partial charge >= 0.3 is 11.9 Å². The summed E-state index contributed by atoms with van der Waals surface area (Å²) < 4.78 is 4.68. The lowest BCUT2D eigenvalue weighted by Gasteiger charge is -2.28. The van der Waals surface area contributed by atoms with Gasteiger partial charge in [0.25, 0.3) is 0 Å². The summed E-state index contributed by atoms with van der Waals surface area (Å²) in [6.45, 7) is -0.109. The number of pyridine rings is 1. The molecule has 1 aromatic heterocycles. The highest BCUT2D eigenvalue weighted by Crippen LogP contribution is 2.27. The van der Waals surface area contributed by atoms with Crippen LogP contribution in [0.15, 0.2) is 18.3 Å². The third-order valence-electron chi connectivity index (χ3n) is 3.53. The Kier molecular flexibility index (Phi) is 4.55. The number of rotatable bonds is 5. The zero-order valence-electron chi connectivity index (χ0n) is 11.4. The van der Waals surface area contributed by atoms with Crippen LogP contribution in [-0.2, 0) is 9.53 Å². The van der Waals surface area contributed by atoms with Crippen molar-refractivity contribution in [1.29, 1.82) is 0 Å². The van der Waals surface area contributed by atoms with Gasteiger partial charge in [0.15, 0.2) is 0 Å². The average Bonchev–Trinajstić information content (AvgIpc) is 2.97. The highest BCUT2D eigenvalue weighted by Gasteiger charge is 2.26. The van der Waals surface area contributed by atoms with Crippen LogP contribution in [0.2, 0.25) is 0 Å². The SMILES string of the molecule is COC(=O)c1ccnc(N(CC(=O)O)C2CCCC2)c1. The molecule has 1 aliphatic carbocycles. The van der Waals surface area contributed by atoms with Crippen molar-refractivity contribution in [3.8, 4) is 0 Å². The Morgan fingerprint density at radius 2 is 2.15 bits per heavy atom. The van der Waals surface area contributed by atoms with E-state index in [4.69, 9.17) is 5.11 Å². The molecule has 20 heavy (non-hydrogen) atoms. The third kappa shape index (κ3) is 3.26. The summed E-state index contributed by atoms with van der Waals surface area (Å²) in [6, 6.07) is 3.32. The maximum atomic E-state index is 11.5. The van der Waals surface area contributed by atoms with Gasteiger partial charge in [0, 0.05) is 12.2 Å². The largest absolute Gasteiger partial charge is 0.480 e. The van der Waals surface area contributed by atoms with Crippen molar-refractivity contribution in [2.24, 2.45) is 0 Å². The molecular formula is C14H18N2O4. The number of carbonyl (C=O) groups is 2. The van der Waals surface area contributed by atoms with Gasteiger partial charge in [-0.2, -0.15) is 0 Å². The van der Waals surface area contributed by atoms with Crippen LogP contribution in [0.1, 0.15) is 36.0 Å². The number of aromatic nitrogens is 1. The lowest BCUT2D eigenvalue weighted by molar-refractivity contribution is -0.135. The van der Waals surface area contributed by atoms with Crippen LogP contribution >= 0.6 is 0 Å². The van der Waals surface area contributed by atoms with Gasteiger partial charge < -0.3 is 14.7 Å². The Hall–Kier alpha value is -2.11. The first-order valence-electron chi connectivity index (χ1n) is 6.64. The number of carboxylic acids is 1. The smallest absolute Gasteiger partial charge is 0.338 e. The van der Waals surface area contributed by atoms with Crippen LogP contribution in [0.3, 0.4) is 0 Å². The molecule has 1 N–H and O–H groups in total. The minimum atomic E-state index is -0.901. The number of aliphatic carboxylic acids is 1. The van der Waals surface area contributed by atoms with Crippen molar-refractivity contribution >= 4 is 17.8 Å². The predicted octanol–water partition coefficient (Wildman–Crippen LogP) is 1.70. The van der Waals surface area contributed by atoms with E-state index in [-0.39, 0.29) is 12.6 Å². The number of carbonyl (C=O) groups excluding carboxylic acids is 1. The average molecular weight is 278 g/mol. The molecule has 6 heteroatoms. The normalized spacial score (nSPS) is 15.1. The topological polar surface area (TPSA) is 79.7 Å². The Bertz CT molecular complexity index is 498. The van der Waals surface area contributed by atoms with Crippen molar-refractivity contribution in [3.05, 3.63) is 23.9 Å². The van der Waals surface area contributed by atoms with Crippen molar-refractivity contribution < 1.29 is 19.4 Å². The van der Waals surface area contributed by atoms with Crippen molar-refractivity contribution in [2.75, 3.05) is 18.6 Å². The van der Waals surface area contributed by atoms with Crippen LogP contribution in [-0.4, -0.2) is 41.7 Å². The van der Waals surface area contributed by atoms with Gasteiger partial charge in [0.05, 0.1) is 12.7 Å². The molecule has 1 fully saturated rings. The van der Waals surface area contributed by atoms with E-state index in [2.05, 4.69) is 9.72 Å². The number of methoxy groups -OCH3 is 1. The van der Waals surface area contributed by atoms with E-state index in [1.165, 1.54) is 13.3 Å². The number of nitrogens with zero attached hydrogens (tertiary/aromatic N) is 2. The fraction of sp³-hybridized carbons (Fsp3) is 0.500. The number of hydrogen-bond acceptors (Lipinski definition) is 5. The molecule has 0 radical (unpaired) electrons. The molecule has 1 aliphatic rings. The lowest BCUT2D eigenvalue weighted by Crippen LogP contribution is -2.38. The summed E-state index contributed by atoms with van der Waals surface area (Å²) in [6.07, 6.45) is 5.61. The van der Waals surface area contributed by atoms with Crippen molar-refractivity contribution in [1.82, 2.24) is 4.98 Å². The molecule has 1 heterocycles. The lowest BCUT2D eigenvalue weighted by atomic mass is 10.2. The van der Waals surface area contributed by atoms with Gasteiger partial charge in [0.2, 0.25) is 0 Å². The molecule has 0 amide bonds. The van der Waals surface area contributed by atoms with Gasteiger partial charge in [-0.05, 0) is 25.0 Å². The van der Waals surface area contributed by atoms with Gasteiger partial charge in [-0.1, -0.05) is 12.8 Å². The highest BCUT2D eigenvalue weighted by atomic mass is 16.5. The summed E-state index contributed by atoms with van der Waals surface area (Å²) in [7, 11) is 1.31. The summed E-state index contributed by atoms with van der Waals surface area (Å²) in [5.74, 6) is -0.834. The fourth-order valence-corrected chi connectivity index (χ4v) is 2.58. The van der Waals surface area contributed by atoms with Crippen molar-refractivity contribution in [2.45, 2.75) is 31.7 Å². The summed E-state index contributed by atoms with van der Waals surface area (Å²) in [5, 5.41) is 9.07. The number of esters is 1. The fourth-order valence-electron chi connectivity index (χ4n) is 2.58. The Labute approximate surface area is 117 Å². The van der Waals surface area contributed by atoms with Crippen LogP contribution < -0.4 is 4.90 Å². The molecule has 6 nitrogen and oxygen atoms in total. The maximum absolute atomic E-state index is 11.5. The Balaban J connectivity index is 2.27. The van der Waals surface area contributed by atoms with Gasteiger partial charge in [-0.15, -0.1) is 0 Å². The van der Waals surface area contributed by atoms with Crippen LogP contribution in [0, 0.1) is 0 Å². The summed E-state index contributed by atoms with van der Waals surface area (Å²) >= 11 is 0. The maximum Gasteiger partial charge on any atom is 0.338 e. The predicted molar refractivity (Wildman–Crippen MR) is 72.8 cm³/mol. The highest BCUT2D eigenvalue weighted by molar-refractivity contribution is 5.90. The molecule has 2 rings (SSSR count). The third-order valence-corrected chi connectivity index (χ3v) is 3.53. The number of anilines is 1. The van der Waals surface area contributed by atoms with Gasteiger partial charge in [-0.3, -0.25) is 4.79 Å². The minimum Gasteiger partial charge on any atom is -0.480 e. The zero-order chi connectivity index (χ0) is 14.5. The molecule has 108 valence electrons. The zero-order valence-corrected chi connectivity index (χ0v) is 11.4. The summed E-state index contributed by atoms with van der Waals surface area (Å²) in [5.41, 5.74) is 0.380. The number of ether oxygens (including phenoxy) is 1. The first-order chi connectivity index (χ1) is 9.61. The molecule has 0 bridgehead atoms. The molecule has 0 spiro atoms. The molecule has 0 aromatic carbocycles. The van der Waals surface area contributed by atoms with E-state index in [0.717, 1.165) is 25.7 Å². The Morgan fingerprint density at radius 3 is 2.75 bits per heavy atom. The van der Waals surface area contributed by atoms with Crippen LogP contribution in [0.25, 0.3) is 0 Å². The molecule has 1 saturated carbocycles. The van der Waals surface area contributed by atoms with Crippen molar-refractivity contribution in [3.63, 3.8) is 0 Å². The first kappa shape index (κ1) is 14.3. The molecule has 0 saturated heterocycles. The van der Waals surface area contributed by atoms with E-state index >= 15 is 0 Å². The van der Waals surface area contributed by atoms with E-state index < -0.39 is 11.9 Å². The van der Waals surface area contributed by atoms with Gasteiger partial charge in [0.1, 0.15) is 12.4 Å². The molecule has 0 aliphatic heterocycles. The standard InChI is InChI=1S/C14H18N2O4/c1-20-14(19)10-6-7-15-12(8-10)16(9-13(17)18)11-4-2-3-5-11/h6-8,11H,2-5,9H2,1H3,(H,17,18). The minimum absolute atomic E-state index is 0.109. The monoisotopic (exact) mass is 278 g/mol. The Morgan fingerprint density at radius 1 is 1.45 bits per heavy atom. The quantitative estimate of drug-likeness (QED) is 0.826. The second-order valence-electron chi connectivity index (χ2n) is 4.85. The van der Waals surface area contributed by atoms with E-state index in [0.29, 0.717) is 11.4 Å². The first-order valence-corrected chi connectivity index (χ1v) is 6.64. The second kappa shape index (κ2) is 6.36. The van der Waals surface area contributed by atoms with E-state index in [1.807, 2.05) is 0 Å².